The van der Waals surface area contributed by atoms with E-state index in [1.165, 1.54) is 0 Å². The Morgan fingerprint density at radius 1 is 0.865 bits per heavy atom. The molecule has 0 spiro atoms. The Morgan fingerprint density at radius 3 is 2.27 bits per heavy atom. The molecule has 7 heteroatoms. The number of Topliss-reactive ketones (excluding diaryl/α,β-unsaturated/α-hetero) is 1. The standard InChI is InChI=1S/C30H22Cl2N2O3/c31-21-11-7-18(8-12-21)29-28-24(16-20(17-26(28)35)27-6-3-15-37-27)33-23-4-1-2-5-25(23)34(29)30(36)19-9-13-22(32)14-10-19/h1-15,20,29,33H,16-17H2/t20-,29-/m1/s1. The SMILES string of the molecule is O=C1C[C@H](c2ccco2)CC2=C1[C@@H](c1ccc(Cl)cc1)N(C(=O)c1ccc(Cl)cc1)c1ccccc1N2. The first-order valence-corrected chi connectivity index (χ1v) is 12.8. The number of anilines is 2. The van der Waals surface area contributed by atoms with Gasteiger partial charge in [-0.3, -0.25) is 14.5 Å². The van der Waals surface area contributed by atoms with Gasteiger partial charge in [-0.05, 0) is 72.6 Å². The van der Waals surface area contributed by atoms with E-state index < -0.39 is 6.04 Å². The smallest absolute Gasteiger partial charge is 0.259 e. The normalized spacial score (nSPS) is 19.1. The average Bonchev–Trinajstić information content (AvgIpc) is 3.40. The molecular formula is C30H22Cl2N2O3. The number of amides is 1. The number of halogens is 2. The van der Waals surface area contributed by atoms with Gasteiger partial charge >= 0.3 is 0 Å². The molecule has 1 aliphatic carbocycles. The first-order chi connectivity index (χ1) is 18.0. The maximum absolute atomic E-state index is 14.2. The summed E-state index contributed by atoms with van der Waals surface area (Å²) < 4.78 is 5.66. The van der Waals surface area contributed by atoms with Crippen LogP contribution in [0.1, 0.15) is 46.5 Å². The number of benzene rings is 3. The number of hydrogen-bond acceptors (Lipinski definition) is 4. The number of carbonyl (C=O) groups is 2. The third-order valence-corrected chi connectivity index (χ3v) is 7.43. The van der Waals surface area contributed by atoms with Gasteiger partial charge < -0.3 is 9.73 Å². The van der Waals surface area contributed by atoms with Crippen LogP contribution in [0.4, 0.5) is 11.4 Å². The molecule has 5 nitrogen and oxygen atoms in total. The number of para-hydroxylation sites is 2. The fraction of sp³-hybridized carbons (Fsp3) is 0.133. The molecule has 2 aliphatic rings. The van der Waals surface area contributed by atoms with Crippen molar-refractivity contribution in [2.45, 2.75) is 24.8 Å². The molecule has 0 unspecified atom stereocenters. The van der Waals surface area contributed by atoms with Crippen LogP contribution in [0.25, 0.3) is 0 Å². The lowest BCUT2D eigenvalue weighted by Crippen LogP contribution is -2.38. The molecule has 1 N–H and O–H groups in total. The molecule has 184 valence electrons. The van der Waals surface area contributed by atoms with Gasteiger partial charge in [0.15, 0.2) is 5.78 Å². The molecule has 4 aromatic rings. The number of nitrogens with one attached hydrogen (secondary N) is 1. The highest BCUT2D eigenvalue weighted by molar-refractivity contribution is 6.31. The molecule has 0 bridgehead atoms. The van der Waals surface area contributed by atoms with Crippen molar-refractivity contribution in [3.8, 4) is 0 Å². The summed E-state index contributed by atoms with van der Waals surface area (Å²) in [6, 6.07) is 24.8. The van der Waals surface area contributed by atoms with Gasteiger partial charge in [0, 0.05) is 39.2 Å². The zero-order chi connectivity index (χ0) is 25.5. The monoisotopic (exact) mass is 528 g/mol. The van der Waals surface area contributed by atoms with E-state index in [-0.39, 0.29) is 24.0 Å². The molecule has 0 saturated carbocycles. The lowest BCUT2D eigenvalue weighted by molar-refractivity contribution is -0.116. The molecule has 6 rings (SSSR count). The largest absolute Gasteiger partial charge is 0.469 e. The summed E-state index contributed by atoms with van der Waals surface area (Å²) in [6.45, 7) is 0. The van der Waals surface area contributed by atoms with Crippen LogP contribution in [0.2, 0.25) is 10.0 Å². The fourth-order valence-electron chi connectivity index (χ4n) is 5.23. The van der Waals surface area contributed by atoms with Crippen LogP contribution in [0, 0.1) is 0 Å². The second-order valence-electron chi connectivity index (χ2n) is 9.21. The molecule has 2 heterocycles. The van der Waals surface area contributed by atoms with Gasteiger partial charge in [0.25, 0.3) is 5.91 Å². The quantitative estimate of drug-likeness (QED) is 0.294. The second-order valence-corrected chi connectivity index (χ2v) is 10.1. The van der Waals surface area contributed by atoms with E-state index >= 15 is 0 Å². The summed E-state index contributed by atoms with van der Waals surface area (Å²) in [5.41, 5.74) is 4.06. The summed E-state index contributed by atoms with van der Waals surface area (Å²) >= 11 is 12.3. The number of furan rings is 1. The molecule has 0 saturated heterocycles. The highest BCUT2D eigenvalue weighted by atomic mass is 35.5. The molecule has 0 fully saturated rings. The Hall–Kier alpha value is -3.80. The fourth-order valence-corrected chi connectivity index (χ4v) is 5.48. The van der Waals surface area contributed by atoms with Crippen molar-refractivity contribution in [2.24, 2.45) is 0 Å². The topological polar surface area (TPSA) is 62.6 Å². The predicted octanol–water partition coefficient (Wildman–Crippen LogP) is 7.80. The maximum Gasteiger partial charge on any atom is 0.259 e. The Balaban J connectivity index is 1.57. The van der Waals surface area contributed by atoms with Crippen molar-refractivity contribution in [3.63, 3.8) is 0 Å². The van der Waals surface area contributed by atoms with Crippen LogP contribution < -0.4 is 10.2 Å². The second kappa shape index (κ2) is 9.58. The number of hydrogen-bond donors (Lipinski definition) is 1. The zero-order valence-corrected chi connectivity index (χ0v) is 21.2. The summed E-state index contributed by atoms with van der Waals surface area (Å²) in [5, 5.41) is 4.64. The molecule has 1 aromatic heterocycles. The van der Waals surface area contributed by atoms with Crippen molar-refractivity contribution < 1.29 is 14.0 Å². The van der Waals surface area contributed by atoms with Gasteiger partial charge in [-0.15, -0.1) is 0 Å². The van der Waals surface area contributed by atoms with E-state index in [1.807, 2.05) is 48.5 Å². The highest BCUT2D eigenvalue weighted by Gasteiger charge is 2.42. The van der Waals surface area contributed by atoms with Gasteiger partial charge in [-0.2, -0.15) is 0 Å². The van der Waals surface area contributed by atoms with E-state index in [4.69, 9.17) is 27.6 Å². The van der Waals surface area contributed by atoms with Crippen molar-refractivity contribution >= 4 is 46.3 Å². The molecule has 3 aromatic carbocycles. The van der Waals surface area contributed by atoms with Crippen molar-refractivity contribution in [1.29, 1.82) is 0 Å². The van der Waals surface area contributed by atoms with Gasteiger partial charge in [-0.1, -0.05) is 47.5 Å². The highest BCUT2D eigenvalue weighted by Crippen LogP contribution is 2.48. The molecule has 2 atom stereocenters. The van der Waals surface area contributed by atoms with E-state index in [0.29, 0.717) is 33.3 Å². The minimum absolute atomic E-state index is 0.0307. The van der Waals surface area contributed by atoms with Crippen LogP contribution in [0.15, 0.2) is 107 Å². The van der Waals surface area contributed by atoms with E-state index in [9.17, 15) is 9.59 Å². The zero-order valence-electron chi connectivity index (χ0n) is 19.7. The maximum atomic E-state index is 14.2. The summed E-state index contributed by atoms with van der Waals surface area (Å²) in [5.74, 6) is 0.416. The number of nitrogens with zero attached hydrogens (tertiary/aromatic N) is 1. The summed E-state index contributed by atoms with van der Waals surface area (Å²) in [4.78, 5) is 29.8. The lowest BCUT2D eigenvalue weighted by Gasteiger charge is -2.35. The van der Waals surface area contributed by atoms with Crippen LogP contribution in [0.3, 0.4) is 0 Å². The summed E-state index contributed by atoms with van der Waals surface area (Å²) in [6.07, 6.45) is 2.50. The van der Waals surface area contributed by atoms with Gasteiger partial charge in [0.1, 0.15) is 5.76 Å². The van der Waals surface area contributed by atoms with Gasteiger partial charge in [-0.25, -0.2) is 0 Å². The van der Waals surface area contributed by atoms with Crippen molar-refractivity contribution in [2.75, 3.05) is 10.2 Å². The first-order valence-electron chi connectivity index (χ1n) is 12.0. The number of fused-ring (bicyclic) bond motifs is 1. The third kappa shape index (κ3) is 4.35. The van der Waals surface area contributed by atoms with E-state index in [0.717, 1.165) is 22.7 Å². The van der Waals surface area contributed by atoms with Crippen molar-refractivity contribution in [3.05, 3.63) is 129 Å². The Kier molecular flexibility index (Phi) is 6.11. The average molecular weight is 529 g/mol. The van der Waals surface area contributed by atoms with Crippen LogP contribution in [-0.2, 0) is 4.79 Å². The number of allylic oxidation sites excluding steroid dienone is 1. The minimum Gasteiger partial charge on any atom is -0.469 e. The van der Waals surface area contributed by atoms with E-state index in [1.54, 1.807) is 47.6 Å². The number of carbonyl (C=O) groups excluding carboxylic acids is 2. The Morgan fingerprint density at radius 2 is 1.57 bits per heavy atom. The van der Waals surface area contributed by atoms with E-state index in [2.05, 4.69) is 5.32 Å². The Labute approximate surface area is 224 Å². The van der Waals surface area contributed by atoms with Crippen LogP contribution in [-0.4, -0.2) is 11.7 Å². The van der Waals surface area contributed by atoms with Crippen LogP contribution in [0.5, 0.6) is 0 Å². The van der Waals surface area contributed by atoms with Crippen molar-refractivity contribution in [1.82, 2.24) is 0 Å². The molecule has 37 heavy (non-hydrogen) atoms. The summed E-state index contributed by atoms with van der Waals surface area (Å²) in [7, 11) is 0. The van der Waals surface area contributed by atoms with Crippen LogP contribution >= 0.6 is 23.2 Å². The lowest BCUT2D eigenvalue weighted by atomic mass is 9.80. The molecule has 1 amide bonds. The number of ketones is 1. The number of rotatable bonds is 3. The molecular weight excluding hydrogens is 507 g/mol. The third-order valence-electron chi connectivity index (χ3n) is 6.93. The molecule has 0 radical (unpaired) electrons. The predicted molar refractivity (Wildman–Crippen MR) is 145 cm³/mol. The van der Waals surface area contributed by atoms with Gasteiger partial charge in [0.2, 0.25) is 0 Å². The minimum atomic E-state index is -0.656. The first kappa shape index (κ1) is 23.6. The molecule has 1 aliphatic heterocycles. The Bertz CT molecular complexity index is 1510. The van der Waals surface area contributed by atoms with Gasteiger partial charge in [0.05, 0.1) is 23.7 Å².